The monoisotopic (exact) mass is 283 g/mol. The number of hydrazine groups is 1. The molecule has 5 heteroatoms. The Kier molecular flexibility index (Phi) is 5.45. The summed E-state index contributed by atoms with van der Waals surface area (Å²) >= 11 is 6.05. The molecule has 0 atom stereocenters. The molecule has 0 aliphatic carbocycles. The number of halogens is 1. The van der Waals surface area contributed by atoms with Crippen molar-refractivity contribution in [1.82, 2.24) is 9.91 Å². The number of rotatable bonds is 5. The molecule has 4 nitrogen and oxygen atoms in total. The highest BCUT2D eigenvalue weighted by Crippen LogP contribution is 2.23. The maximum Gasteiger partial charge on any atom is 0.137 e. The van der Waals surface area contributed by atoms with Crippen LogP contribution >= 0.6 is 11.6 Å². The summed E-state index contributed by atoms with van der Waals surface area (Å²) < 4.78 is 5.71. The van der Waals surface area contributed by atoms with Gasteiger partial charge < -0.3 is 4.74 Å². The summed E-state index contributed by atoms with van der Waals surface area (Å²) in [5.41, 5.74) is 0. The second kappa shape index (κ2) is 7.10. The van der Waals surface area contributed by atoms with Crippen LogP contribution in [-0.2, 0) is 0 Å². The molecule has 0 radical (unpaired) electrons. The summed E-state index contributed by atoms with van der Waals surface area (Å²) in [6.45, 7) is 3.50. The van der Waals surface area contributed by atoms with Crippen LogP contribution in [0, 0.1) is 0 Å². The van der Waals surface area contributed by atoms with Gasteiger partial charge in [-0.05, 0) is 32.0 Å². The van der Waals surface area contributed by atoms with E-state index < -0.39 is 0 Å². The maximum atomic E-state index is 6.05. The second-order valence-electron chi connectivity index (χ2n) is 5.03. The maximum absolute atomic E-state index is 6.05. The zero-order valence-electron chi connectivity index (χ0n) is 11.4. The van der Waals surface area contributed by atoms with E-state index in [1.807, 2.05) is 29.3 Å². The first kappa shape index (κ1) is 14.6. The molecule has 2 rings (SSSR count). The van der Waals surface area contributed by atoms with Crippen molar-refractivity contribution in [3.63, 3.8) is 0 Å². The Hall–Kier alpha value is -0.810. The lowest BCUT2D eigenvalue weighted by atomic mass is 10.1. The lowest BCUT2D eigenvalue weighted by Crippen LogP contribution is -2.46. The van der Waals surface area contributed by atoms with Gasteiger partial charge in [0.15, 0.2) is 0 Å². The minimum absolute atomic E-state index is 0.606. The molecule has 1 saturated heterocycles. The molecule has 0 spiro atoms. The summed E-state index contributed by atoms with van der Waals surface area (Å²) in [6.07, 6.45) is 2.25. The van der Waals surface area contributed by atoms with Crippen molar-refractivity contribution in [2.45, 2.75) is 18.9 Å². The van der Waals surface area contributed by atoms with Crippen LogP contribution in [0.1, 0.15) is 12.8 Å². The molecule has 1 fully saturated rings. The van der Waals surface area contributed by atoms with Crippen LogP contribution in [0.2, 0.25) is 5.02 Å². The molecule has 106 valence electrons. The molecule has 1 aliphatic rings. The molecule has 1 heterocycles. The number of likely N-dealkylation sites (N-methyl/N-ethyl adjacent to an activating group) is 1. The highest BCUT2D eigenvalue weighted by atomic mass is 35.5. The molecule has 0 saturated carbocycles. The minimum atomic E-state index is 0.606. The Labute approximate surface area is 120 Å². The molecule has 0 bridgehead atoms. The Morgan fingerprint density at radius 1 is 1.37 bits per heavy atom. The quantitative estimate of drug-likeness (QED) is 0.839. The van der Waals surface area contributed by atoms with E-state index in [0.29, 0.717) is 17.7 Å². The van der Waals surface area contributed by atoms with E-state index in [1.165, 1.54) is 0 Å². The number of hydrogen-bond donors (Lipinski definition) is 1. The molecule has 0 aromatic heterocycles. The van der Waals surface area contributed by atoms with Gasteiger partial charge in [-0.3, -0.25) is 10.7 Å². The molecule has 1 aromatic rings. The topological polar surface area (TPSA) is 41.7 Å². The Bertz CT molecular complexity index is 394. The summed E-state index contributed by atoms with van der Waals surface area (Å²) in [7, 11) is 2.15. The van der Waals surface area contributed by atoms with Gasteiger partial charge in [0.2, 0.25) is 0 Å². The highest BCUT2D eigenvalue weighted by molar-refractivity contribution is 6.32. The van der Waals surface area contributed by atoms with Crippen molar-refractivity contribution in [3.05, 3.63) is 29.3 Å². The summed E-state index contributed by atoms with van der Waals surface area (Å²) in [6, 6.07) is 8.19. The Morgan fingerprint density at radius 2 is 2.05 bits per heavy atom. The van der Waals surface area contributed by atoms with E-state index >= 15 is 0 Å². The number of piperidine rings is 1. The largest absolute Gasteiger partial charge is 0.491 e. The molecule has 1 aromatic carbocycles. The van der Waals surface area contributed by atoms with E-state index in [-0.39, 0.29) is 0 Å². The fourth-order valence-electron chi connectivity index (χ4n) is 2.37. The van der Waals surface area contributed by atoms with Gasteiger partial charge in [0.05, 0.1) is 5.02 Å². The van der Waals surface area contributed by atoms with Crippen molar-refractivity contribution >= 4 is 11.6 Å². The fraction of sp³-hybridized carbons (Fsp3) is 0.571. The van der Waals surface area contributed by atoms with Gasteiger partial charge >= 0.3 is 0 Å². The molecule has 19 heavy (non-hydrogen) atoms. The third kappa shape index (κ3) is 4.35. The zero-order valence-corrected chi connectivity index (χ0v) is 12.1. The molecular formula is C14H22ClN3O. The fourth-order valence-corrected chi connectivity index (χ4v) is 2.56. The Balaban J connectivity index is 1.72. The van der Waals surface area contributed by atoms with Crippen LogP contribution in [0.5, 0.6) is 5.75 Å². The van der Waals surface area contributed by atoms with E-state index in [0.717, 1.165) is 38.2 Å². The third-order valence-corrected chi connectivity index (χ3v) is 3.97. The number of hydrogen-bond acceptors (Lipinski definition) is 4. The standard InChI is InChI=1S/C14H22ClN3O/c1-17(12-6-8-18(16)9-7-12)10-11-19-14-5-3-2-4-13(14)15/h2-5,12H,6-11,16H2,1H3. The van der Waals surface area contributed by atoms with Gasteiger partial charge in [-0.2, -0.15) is 0 Å². The highest BCUT2D eigenvalue weighted by Gasteiger charge is 2.20. The van der Waals surface area contributed by atoms with Crippen LogP contribution in [0.3, 0.4) is 0 Å². The van der Waals surface area contributed by atoms with Gasteiger partial charge in [-0.1, -0.05) is 23.7 Å². The first-order valence-electron chi connectivity index (χ1n) is 6.74. The average Bonchev–Trinajstić information content (AvgIpc) is 2.41. The van der Waals surface area contributed by atoms with E-state index in [9.17, 15) is 0 Å². The normalized spacial score (nSPS) is 17.9. The van der Waals surface area contributed by atoms with Crippen LogP contribution in [0.25, 0.3) is 0 Å². The van der Waals surface area contributed by atoms with Crippen LogP contribution in [0.4, 0.5) is 0 Å². The number of nitrogens with two attached hydrogens (primary N) is 1. The molecular weight excluding hydrogens is 262 g/mol. The third-order valence-electron chi connectivity index (χ3n) is 3.66. The first-order valence-corrected chi connectivity index (χ1v) is 7.12. The summed E-state index contributed by atoms with van der Waals surface area (Å²) in [4.78, 5) is 2.35. The Morgan fingerprint density at radius 3 is 2.74 bits per heavy atom. The predicted molar refractivity (Wildman–Crippen MR) is 78.4 cm³/mol. The molecule has 2 N–H and O–H groups in total. The number of para-hydroxylation sites is 1. The zero-order chi connectivity index (χ0) is 13.7. The predicted octanol–water partition coefficient (Wildman–Crippen LogP) is 1.99. The molecule has 1 aliphatic heterocycles. The lowest BCUT2D eigenvalue weighted by molar-refractivity contribution is 0.115. The van der Waals surface area contributed by atoms with Crippen molar-refractivity contribution in [2.24, 2.45) is 5.84 Å². The SMILES string of the molecule is CN(CCOc1ccccc1Cl)C1CCN(N)CC1. The van der Waals surface area contributed by atoms with Gasteiger partial charge in [-0.15, -0.1) is 0 Å². The average molecular weight is 284 g/mol. The van der Waals surface area contributed by atoms with Crippen molar-refractivity contribution in [1.29, 1.82) is 0 Å². The van der Waals surface area contributed by atoms with Gasteiger partial charge in [0.25, 0.3) is 0 Å². The van der Waals surface area contributed by atoms with E-state index in [2.05, 4.69) is 11.9 Å². The van der Waals surface area contributed by atoms with Gasteiger partial charge in [0, 0.05) is 25.7 Å². The lowest BCUT2D eigenvalue weighted by Gasteiger charge is -2.34. The van der Waals surface area contributed by atoms with Crippen molar-refractivity contribution < 1.29 is 4.74 Å². The van der Waals surface area contributed by atoms with Gasteiger partial charge in [-0.25, -0.2) is 5.01 Å². The van der Waals surface area contributed by atoms with Crippen LogP contribution < -0.4 is 10.6 Å². The minimum Gasteiger partial charge on any atom is -0.491 e. The molecule has 0 unspecified atom stereocenters. The molecule has 0 amide bonds. The number of nitrogens with zero attached hydrogens (tertiary/aromatic N) is 2. The first-order chi connectivity index (χ1) is 9.16. The van der Waals surface area contributed by atoms with Crippen LogP contribution in [-0.4, -0.2) is 49.2 Å². The summed E-state index contributed by atoms with van der Waals surface area (Å²) in [5.74, 6) is 6.52. The smallest absolute Gasteiger partial charge is 0.137 e. The van der Waals surface area contributed by atoms with Crippen LogP contribution in [0.15, 0.2) is 24.3 Å². The van der Waals surface area contributed by atoms with Gasteiger partial charge in [0.1, 0.15) is 12.4 Å². The van der Waals surface area contributed by atoms with Crippen molar-refractivity contribution in [2.75, 3.05) is 33.3 Å². The van der Waals surface area contributed by atoms with Crippen molar-refractivity contribution in [3.8, 4) is 5.75 Å². The number of benzene rings is 1. The van der Waals surface area contributed by atoms with E-state index in [1.54, 1.807) is 0 Å². The van der Waals surface area contributed by atoms with E-state index in [4.69, 9.17) is 22.2 Å². The summed E-state index contributed by atoms with van der Waals surface area (Å²) in [5, 5.41) is 2.56. The second-order valence-corrected chi connectivity index (χ2v) is 5.43. The number of ether oxygens (including phenoxy) is 1.